The van der Waals surface area contributed by atoms with Crippen LogP contribution < -0.4 is 10.1 Å². The topological polar surface area (TPSA) is 62.1 Å². The Bertz CT molecular complexity index is 1160. The number of benzene rings is 3. The highest BCUT2D eigenvalue weighted by molar-refractivity contribution is 9.11. The fourth-order valence-corrected chi connectivity index (χ4v) is 4.41. The molecule has 0 saturated heterocycles. The van der Waals surface area contributed by atoms with E-state index in [1.165, 1.54) is 0 Å². The minimum Gasteiger partial charge on any atom is -0.481 e. The van der Waals surface area contributed by atoms with Crippen molar-refractivity contribution in [3.05, 3.63) is 91.3 Å². The van der Waals surface area contributed by atoms with Gasteiger partial charge < -0.3 is 10.1 Å². The van der Waals surface area contributed by atoms with Crippen molar-refractivity contribution >= 4 is 66.7 Å². The summed E-state index contributed by atoms with van der Waals surface area (Å²) in [4.78, 5) is 12.2. The summed E-state index contributed by atoms with van der Waals surface area (Å²) in [5.41, 5.74) is 3.84. The molecule has 1 amide bonds. The molecule has 0 fully saturated rings. The van der Waals surface area contributed by atoms with Crippen molar-refractivity contribution < 1.29 is 9.53 Å². The zero-order valence-electron chi connectivity index (χ0n) is 16.5. The van der Waals surface area contributed by atoms with Crippen LogP contribution in [-0.2, 0) is 4.79 Å². The van der Waals surface area contributed by atoms with E-state index in [0.29, 0.717) is 25.3 Å². The van der Waals surface area contributed by atoms with Gasteiger partial charge in [0.05, 0.1) is 20.6 Å². The van der Waals surface area contributed by atoms with Crippen LogP contribution in [0.5, 0.6) is 5.75 Å². The Morgan fingerprint density at radius 2 is 1.81 bits per heavy atom. The van der Waals surface area contributed by atoms with Crippen LogP contribution in [0.1, 0.15) is 16.7 Å². The number of allylic oxidation sites excluding steroid dienone is 1. The molecule has 1 N–H and O–H groups in total. The number of nitrogens with zero attached hydrogens (tertiary/aromatic N) is 1. The van der Waals surface area contributed by atoms with Crippen molar-refractivity contribution in [3.8, 4) is 11.8 Å². The summed E-state index contributed by atoms with van der Waals surface area (Å²) < 4.78 is 7.02. The van der Waals surface area contributed by atoms with Gasteiger partial charge in [0, 0.05) is 10.7 Å². The van der Waals surface area contributed by atoms with Crippen LogP contribution in [0, 0.1) is 18.3 Å². The normalized spacial score (nSPS) is 11.0. The van der Waals surface area contributed by atoms with E-state index in [1.807, 2.05) is 43.3 Å². The number of nitrogens with one attached hydrogen (secondary N) is 1. The van der Waals surface area contributed by atoms with E-state index >= 15 is 0 Å². The van der Waals surface area contributed by atoms with Crippen molar-refractivity contribution in [2.75, 3.05) is 11.9 Å². The number of ether oxygens (including phenoxy) is 1. The molecule has 0 aliphatic heterocycles. The SMILES string of the molecule is Cc1cccc(NC(=O)COc2c(Br)cc(/C=C(\C#N)c3ccc(Cl)cc3)cc2Br)c1. The number of nitriles is 1. The molecule has 0 unspecified atom stereocenters. The quantitative estimate of drug-likeness (QED) is 0.255. The number of amides is 1. The summed E-state index contributed by atoms with van der Waals surface area (Å²) in [5, 5.41) is 13.0. The average Bonchev–Trinajstić information content (AvgIpc) is 2.72. The predicted molar refractivity (Wildman–Crippen MR) is 132 cm³/mol. The summed E-state index contributed by atoms with van der Waals surface area (Å²) in [5.74, 6) is 0.240. The number of rotatable bonds is 6. The minimum atomic E-state index is -0.261. The second kappa shape index (κ2) is 10.6. The molecule has 4 nitrogen and oxygen atoms in total. The van der Waals surface area contributed by atoms with E-state index in [1.54, 1.807) is 30.3 Å². The van der Waals surface area contributed by atoms with E-state index < -0.39 is 0 Å². The number of anilines is 1. The lowest BCUT2D eigenvalue weighted by Crippen LogP contribution is -2.20. The molecule has 3 rings (SSSR count). The summed E-state index contributed by atoms with van der Waals surface area (Å²) in [6, 6.07) is 20.5. The molecule has 0 spiro atoms. The van der Waals surface area contributed by atoms with Crippen LogP contribution >= 0.6 is 43.5 Å². The maximum Gasteiger partial charge on any atom is 0.262 e. The van der Waals surface area contributed by atoms with Crippen molar-refractivity contribution in [1.82, 2.24) is 0 Å². The Balaban J connectivity index is 1.73. The molecule has 0 bridgehead atoms. The smallest absolute Gasteiger partial charge is 0.262 e. The molecular formula is C24H17Br2ClN2O2. The molecule has 0 saturated carbocycles. The van der Waals surface area contributed by atoms with Crippen LogP contribution in [0.2, 0.25) is 5.02 Å². The Kier molecular flexibility index (Phi) is 7.91. The fraction of sp³-hybridized carbons (Fsp3) is 0.0833. The van der Waals surface area contributed by atoms with Crippen LogP contribution in [0.3, 0.4) is 0 Å². The zero-order chi connectivity index (χ0) is 22.4. The standard InChI is InChI=1S/C24H17Br2ClN2O2/c1-15-3-2-4-20(9-15)29-23(30)14-31-24-21(25)11-16(12-22(24)26)10-18(13-28)17-5-7-19(27)8-6-17/h2-12H,14H2,1H3,(H,29,30)/b18-10+. The maximum atomic E-state index is 12.2. The molecule has 0 aliphatic carbocycles. The zero-order valence-corrected chi connectivity index (χ0v) is 20.4. The fourth-order valence-electron chi connectivity index (χ4n) is 2.83. The highest BCUT2D eigenvalue weighted by Crippen LogP contribution is 2.36. The highest BCUT2D eigenvalue weighted by Gasteiger charge is 2.12. The number of carbonyl (C=O) groups excluding carboxylic acids is 1. The molecule has 0 aromatic heterocycles. The van der Waals surface area contributed by atoms with Gasteiger partial charge in [0.25, 0.3) is 5.91 Å². The van der Waals surface area contributed by atoms with E-state index in [-0.39, 0.29) is 12.5 Å². The second-order valence-corrected chi connectivity index (χ2v) is 8.84. The maximum absolute atomic E-state index is 12.2. The van der Waals surface area contributed by atoms with Gasteiger partial charge in [-0.3, -0.25) is 4.79 Å². The second-order valence-electron chi connectivity index (χ2n) is 6.70. The van der Waals surface area contributed by atoms with Gasteiger partial charge in [0.2, 0.25) is 0 Å². The highest BCUT2D eigenvalue weighted by atomic mass is 79.9. The first-order valence-corrected chi connectivity index (χ1v) is 11.2. The summed E-state index contributed by atoms with van der Waals surface area (Å²) in [6.07, 6.45) is 1.77. The van der Waals surface area contributed by atoms with Crippen LogP contribution in [0.15, 0.2) is 69.6 Å². The number of halogens is 3. The third-order valence-electron chi connectivity index (χ3n) is 4.26. The van der Waals surface area contributed by atoms with Crippen LogP contribution in [-0.4, -0.2) is 12.5 Å². The van der Waals surface area contributed by atoms with Gasteiger partial charge in [-0.1, -0.05) is 35.9 Å². The minimum absolute atomic E-state index is 0.144. The number of aryl methyl sites for hydroxylation is 1. The first kappa shape index (κ1) is 23.1. The molecule has 31 heavy (non-hydrogen) atoms. The van der Waals surface area contributed by atoms with Gasteiger partial charge >= 0.3 is 0 Å². The number of hydrogen-bond donors (Lipinski definition) is 1. The average molecular weight is 561 g/mol. The summed E-state index contributed by atoms with van der Waals surface area (Å²) in [6.45, 7) is 1.82. The lowest BCUT2D eigenvalue weighted by Gasteiger charge is -2.12. The Morgan fingerprint density at radius 1 is 1.13 bits per heavy atom. The molecule has 156 valence electrons. The Morgan fingerprint density at radius 3 is 2.42 bits per heavy atom. The lowest BCUT2D eigenvalue weighted by atomic mass is 10.0. The molecule has 0 radical (unpaired) electrons. The van der Waals surface area contributed by atoms with E-state index in [0.717, 1.165) is 22.4 Å². The van der Waals surface area contributed by atoms with Gasteiger partial charge in [-0.25, -0.2) is 0 Å². The van der Waals surface area contributed by atoms with Gasteiger partial charge in [-0.2, -0.15) is 5.26 Å². The van der Waals surface area contributed by atoms with E-state index in [2.05, 4.69) is 43.2 Å². The van der Waals surface area contributed by atoms with E-state index in [4.69, 9.17) is 16.3 Å². The van der Waals surface area contributed by atoms with E-state index in [9.17, 15) is 10.1 Å². The van der Waals surface area contributed by atoms with Gasteiger partial charge in [-0.05, 0) is 97.9 Å². The van der Waals surface area contributed by atoms with Crippen molar-refractivity contribution in [2.45, 2.75) is 6.92 Å². The molecule has 0 atom stereocenters. The third kappa shape index (κ3) is 6.44. The summed E-state index contributed by atoms with van der Waals surface area (Å²) in [7, 11) is 0. The van der Waals surface area contributed by atoms with Crippen LogP contribution in [0.25, 0.3) is 11.6 Å². The van der Waals surface area contributed by atoms with Gasteiger partial charge in [0.15, 0.2) is 6.61 Å². The summed E-state index contributed by atoms with van der Waals surface area (Å²) >= 11 is 12.9. The molecule has 3 aromatic carbocycles. The molecular weight excluding hydrogens is 544 g/mol. The molecule has 3 aromatic rings. The van der Waals surface area contributed by atoms with Crippen LogP contribution in [0.4, 0.5) is 5.69 Å². The van der Waals surface area contributed by atoms with Gasteiger partial charge in [0.1, 0.15) is 5.75 Å². The largest absolute Gasteiger partial charge is 0.481 e. The van der Waals surface area contributed by atoms with Crippen molar-refractivity contribution in [2.24, 2.45) is 0 Å². The lowest BCUT2D eigenvalue weighted by molar-refractivity contribution is -0.118. The monoisotopic (exact) mass is 558 g/mol. The number of carbonyl (C=O) groups is 1. The molecule has 0 aliphatic rings. The van der Waals surface area contributed by atoms with Gasteiger partial charge in [-0.15, -0.1) is 0 Å². The number of hydrogen-bond acceptors (Lipinski definition) is 3. The Labute approximate surface area is 202 Å². The third-order valence-corrected chi connectivity index (χ3v) is 5.69. The molecule has 7 heteroatoms. The first-order valence-electron chi connectivity index (χ1n) is 9.22. The van der Waals surface area contributed by atoms with Crippen molar-refractivity contribution in [1.29, 1.82) is 5.26 Å². The Hall–Kier alpha value is -2.59. The molecule has 0 heterocycles. The van der Waals surface area contributed by atoms with Crippen molar-refractivity contribution in [3.63, 3.8) is 0 Å². The first-order chi connectivity index (χ1) is 14.9. The predicted octanol–water partition coefficient (Wildman–Crippen LogP) is 7.26.